The Hall–Kier alpha value is -1.44. The Bertz CT molecular complexity index is 316. The van der Waals surface area contributed by atoms with E-state index in [-0.39, 0.29) is 0 Å². The molecule has 90 valence electrons. The first kappa shape index (κ1) is 14.6. The van der Waals surface area contributed by atoms with Gasteiger partial charge in [-0.1, -0.05) is 32.6 Å². The van der Waals surface area contributed by atoms with E-state index in [1.807, 2.05) is 26.0 Å². The van der Waals surface area contributed by atoms with E-state index in [2.05, 4.69) is 50.1 Å². The predicted octanol–water partition coefficient (Wildman–Crippen LogP) is 3.90. The van der Waals surface area contributed by atoms with Gasteiger partial charge in [-0.15, -0.1) is 0 Å². The summed E-state index contributed by atoms with van der Waals surface area (Å²) in [5, 5.41) is 6.41. The second-order valence-electron chi connectivity index (χ2n) is 3.77. The molecule has 0 aliphatic rings. The maximum atomic E-state index is 3.90. The van der Waals surface area contributed by atoms with Crippen LogP contribution in [0.5, 0.6) is 0 Å². The molecule has 0 saturated carbocycles. The molecular weight excluding hydrogens is 196 g/mol. The van der Waals surface area contributed by atoms with Crippen LogP contribution in [0.25, 0.3) is 0 Å². The van der Waals surface area contributed by atoms with Crippen LogP contribution in [-0.4, -0.2) is 6.04 Å². The monoisotopic (exact) mass is 220 g/mol. The molecular formula is C14H24N2. The van der Waals surface area contributed by atoms with Gasteiger partial charge in [0, 0.05) is 11.7 Å². The Morgan fingerprint density at radius 1 is 1.25 bits per heavy atom. The van der Waals surface area contributed by atoms with Crippen molar-refractivity contribution in [3.63, 3.8) is 0 Å². The first-order valence-electron chi connectivity index (χ1n) is 5.87. The maximum absolute atomic E-state index is 3.90. The second kappa shape index (κ2) is 7.80. The van der Waals surface area contributed by atoms with Crippen molar-refractivity contribution < 1.29 is 0 Å². The molecule has 0 heterocycles. The number of hydrogen-bond acceptors (Lipinski definition) is 2. The maximum Gasteiger partial charge on any atom is 0.0959 e. The molecule has 2 nitrogen and oxygen atoms in total. The van der Waals surface area contributed by atoms with Crippen LogP contribution in [0.1, 0.15) is 33.3 Å². The summed E-state index contributed by atoms with van der Waals surface area (Å²) in [6.45, 7) is 14.1. The van der Waals surface area contributed by atoms with Gasteiger partial charge < -0.3 is 10.6 Å². The molecule has 16 heavy (non-hydrogen) atoms. The van der Waals surface area contributed by atoms with Crippen molar-refractivity contribution in [3.05, 3.63) is 42.2 Å². The van der Waals surface area contributed by atoms with Gasteiger partial charge in [0.1, 0.15) is 0 Å². The first-order chi connectivity index (χ1) is 7.58. The van der Waals surface area contributed by atoms with E-state index in [1.165, 1.54) is 5.56 Å². The van der Waals surface area contributed by atoms with Gasteiger partial charge >= 0.3 is 0 Å². The largest absolute Gasteiger partial charge is 0.370 e. The van der Waals surface area contributed by atoms with Crippen molar-refractivity contribution >= 4 is 5.69 Å². The summed E-state index contributed by atoms with van der Waals surface area (Å²) in [6, 6.07) is 8.62. The highest BCUT2D eigenvalue weighted by Crippen LogP contribution is 2.10. The van der Waals surface area contributed by atoms with Crippen LogP contribution in [0.15, 0.2) is 36.7 Å². The molecule has 0 aliphatic carbocycles. The van der Waals surface area contributed by atoms with Crippen molar-refractivity contribution in [1.82, 2.24) is 5.32 Å². The first-order valence-corrected chi connectivity index (χ1v) is 5.87. The van der Waals surface area contributed by atoms with Crippen molar-refractivity contribution in [2.75, 3.05) is 5.32 Å². The second-order valence-corrected chi connectivity index (χ2v) is 3.77. The molecule has 1 rings (SSSR count). The number of nitrogens with one attached hydrogen (secondary N) is 2. The van der Waals surface area contributed by atoms with Gasteiger partial charge in [-0.05, 0) is 38.5 Å². The zero-order chi connectivity index (χ0) is 12.6. The Morgan fingerprint density at radius 2 is 1.88 bits per heavy atom. The van der Waals surface area contributed by atoms with E-state index in [4.69, 9.17) is 0 Å². The Morgan fingerprint density at radius 3 is 2.38 bits per heavy atom. The molecule has 1 aromatic carbocycles. The number of aryl methyl sites for hydroxylation is 1. The van der Waals surface area contributed by atoms with Gasteiger partial charge in [0.25, 0.3) is 0 Å². The fraction of sp³-hybridized carbons (Fsp3) is 0.429. The molecule has 0 fully saturated rings. The summed E-state index contributed by atoms with van der Waals surface area (Å²) in [6.07, 6.45) is 0. The summed E-state index contributed by atoms with van der Waals surface area (Å²) < 4.78 is 0. The van der Waals surface area contributed by atoms with Gasteiger partial charge in [-0.3, -0.25) is 0 Å². The van der Waals surface area contributed by atoms with Crippen LogP contribution >= 0.6 is 0 Å². The quantitative estimate of drug-likeness (QED) is 0.804. The third-order valence-electron chi connectivity index (χ3n) is 1.78. The minimum atomic E-state index is 0.403. The average molecular weight is 220 g/mol. The highest BCUT2D eigenvalue weighted by atomic mass is 15.1. The van der Waals surface area contributed by atoms with Crippen LogP contribution in [0.3, 0.4) is 0 Å². The zero-order valence-corrected chi connectivity index (χ0v) is 11.1. The summed E-state index contributed by atoms with van der Waals surface area (Å²) >= 11 is 0. The minimum absolute atomic E-state index is 0.403. The lowest BCUT2D eigenvalue weighted by atomic mass is 10.2. The molecule has 0 radical (unpaired) electrons. The van der Waals surface area contributed by atoms with Crippen LogP contribution in [0.2, 0.25) is 0 Å². The third kappa shape index (κ3) is 6.12. The molecule has 0 spiro atoms. The summed E-state index contributed by atoms with van der Waals surface area (Å²) in [7, 11) is 0. The molecule has 0 saturated heterocycles. The SMILES string of the molecule is C=C(Nc1cccc(C)c1)NC(C)C.CC. The number of benzene rings is 1. The molecule has 0 bridgehead atoms. The van der Waals surface area contributed by atoms with Crippen LogP contribution in [0.4, 0.5) is 5.69 Å². The summed E-state index contributed by atoms with van der Waals surface area (Å²) in [4.78, 5) is 0. The zero-order valence-electron chi connectivity index (χ0n) is 11.1. The van der Waals surface area contributed by atoms with Crippen LogP contribution < -0.4 is 10.6 Å². The fourth-order valence-electron chi connectivity index (χ4n) is 1.28. The number of anilines is 1. The van der Waals surface area contributed by atoms with Crippen molar-refractivity contribution in [2.45, 2.75) is 40.7 Å². The third-order valence-corrected chi connectivity index (χ3v) is 1.78. The van der Waals surface area contributed by atoms with Crippen LogP contribution in [0, 0.1) is 6.92 Å². The number of rotatable bonds is 4. The fourth-order valence-corrected chi connectivity index (χ4v) is 1.28. The van der Waals surface area contributed by atoms with E-state index < -0.39 is 0 Å². The van der Waals surface area contributed by atoms with E-state index >= 15 is 0 Å². The van der Waals surface area contributed by atoms with Crippen molar-refractivity contribution in [1.29, 1.82) is 0 Å². The molecule has 0 amide bonds. The highest BCUT2D eigenvalue weighted by molar-refractivity contribution is 5.49. The van der Waals surface area contributed by atoms with Gasteiger partial charge in [-0.2, -0.15) is 0 Å². The number of hydrogen-bond donors (Lipinski definition) is 2. The van der Waals surface area contributed by atoms with Crippen molar-refractivity contribution in [2.24, 2.45) is 0 Å². The van der Waals surface area contributed by atoms with Crippen LogP contribution in [-0.2, 0) is 0 Å². The van der Waals surface area contributed by atoms with E-state index in [0.717, 1.165) is 11.5 Å². The molecule has 0 unspecified atom stereocenters. The molecule has 1 aromatic rings. The van der Waals surface area contributed by atoms with Gasteiger partial charge in [-0.25, -0.2) is 0 Å². The normalized spacial score (nSPS) is 9.12. The predicted molar refractivity (Wildman–Crippen MR) is 73.6 cm³/mol. The molecule has 0 atom stereocenters. The Kier molecular flexibility index (Phi) is 7.10. The lowest BCUT2D eigenvalue weighted by Gasteiger charge is -2.14. The molecule has 0 aromatic heterocycles. The summed E-state index contributed by atoms with van der Waals surface area (Å²) in [5.74, 6) is 0.839. The van der Waals surface area contributed by atoms with Gasteiger partial charge in [0.15, 0.2) is 0 Å². The average Bonchev–Trinajstić information content (AvgIpc) is 2.19. The summed E-state index contributed by atoms with van der Waals surface area (Å²) in [5.41, 5.74) is 2.32. The lowest BCUT2D eigenvalue weighted by molar-refractivity contribution is 0.674. The van der Waals surface area contributed by atoms with E-state index in [1.54, 1.807) is 0 Å². The standard InChI is InChI=1S/C12H18N2.C2H6/c1-9(2)13-11(4)14-12-7-5-6-10(3)8-12;1-2/h5-9,13-14H,4H2,1-3H3;1-2H3. The van der Waals surface area contributed by atoms with E-state index in [0.29, 0.717) is 6.04 Å². The Labute approximate surface area is 99.8 Å². The van der Waals surface area contributed by atoms with Gasteiger partial charge in [0.05, 0.1) is 5.82 Å². The van der Waals surface area contributed by atoms with Crippen molar-refractivity contribution in [3.8, 4) is 0 Å². The van der Waals surface area contributed by atoms with Gasteiger partial charge in [0.2, 0.25) is 0 Å². The molecule has 2 heteroatoms. The van der Waals surface area contributed by atoms with E-state index in [9.17, 15) is 0 Å². The smallest absolute Gasteiger partial charge is 0.0959 e. The molecule has 0 aliphatic heterocycles. The molecule has 2 N–H and O–H groups in total. The minimum Gasteiger partial charge on any atom is -0.370 e. The topological polar surface area (TPSA) is 24.1 Å². The highest BCUT2D eigenvalue weighted by Gasteiger charge is 1.96. The Balaban J connectivity index is 0.00000106. The lowest BCUT2D eigenvalue weighted by Crippen LogP contribution is -2.25.